The molecule has 80 valence electrons. The molecule has 0 aromatic rings. The molecular formula is C10H18N2O2. The molecule has 0 saturated heterocycles. The van der Waals surface area contributed by atoms with Crippen molar-refractivity contribution in [2.45, 2.75) is 32.6 Å². The third kappa shape index (κ3) is 6.44. The highest BCUT2D eigenvalue weighted by Crippen LogP contribution is 2.09. The minimum atomic E-state index is -0.230. The third-order valence-electron chi connectivity index (χ3n) is 2.06. The smallest absolute Gasteiger partial charge is 0.234 e. The van der Waals surface area contributed by atoms with Crippen LogP contribution in [0.15, 0.2) is 0 Å². The highest BCUT2D eigenvalue weighted by atomic mass is 16.3. The highest BCUT2D eigenvalue weighted by Gasteiger charge is 2.08. The fraction of sp³-hybridized carbons (Fsp3) is 0.800. The molecule has 1 unspecified atom stereocenters. The molecule has 0 aliphatic heterocycles. The molecule has 0 rings (SSSR count). The van der Waals surface area contributed by atoms with E-state index in [1.54, 1.807) is 6.07 Å². The lowest BCUT2D eigenvalue weighted by Gasteiger charge is -2.14. The Morgan fingerprint density at radius 1 is 1.57 bits per heavy atom. The zero-order valence-corrected chi connectivity index (χ0v) is 8.62. The number of nitrogens with one attached hydrogen (secondary N) is 1. The summed E-state index contributed by atoms with van der Waals surface area (Å²) in [5, 5.41) is 19.7. The van der Waals surface area contributed by atoms with Crippen LogP contribution in [0.3, 0.4) is 0 Å². The van der Waals surface area contributed by atoms with Crippen molar-refractivity contribution in [3.63, 3.8) is 0 Å². The Balaban J connectivity index is 3.69. The lowest BCUT2D eigenvalue weighted by atomic mass is 10.0. The molecular weight excluding hydrogens is 180 g/mol. The minimum Gasteiger partial charge on any atom is -0.396 e. The largest absolute Gasteiger partial charge is 0.396 e. The van der Waals surface area contributed by atoms with E-state index in [9.17, 15) is 4.79 Å². The van der Waals surface area contributed by atoms with Gasteiger partial charge >= 0.3 is 0 Å². The van der Waals surface area contributed by atoms with Gasteiger partial charge in [0.05, 0.1) is 6.07 Å². The number of carbonyl (C=O) groups excluding carboxylic acids is 1. The maximum atomic E-state index is 11.0. The molecule has 0 aliphatic carbocycles. The molecule has 0 aliphatic rings. The number of nitrogens with zero attached hydrogens (tertiary/aromatic N) is 1. The van der Waals surface area contributed by atoms with E-state index in [1.807, 2.05) is 0 Å². The van der Waals surface area contributed by atoms with Gasteiger partial charge in [0.1, 0.15) is 6.42 Å². The molecule has 0 bridgehead atoms. The molecule has 0 spiro atoms. The quantitative estimate of drug-likeness (QED) is 0.636. The number of nitriles is 1. The van der Waals surface area contributed by atoms with Gasteiger partial charge in [0.25, 0.3) is 0 Å². The van der Waals surface area contributed by atoms with Gasteiger partial charge in [-0.2, -0.15) is 5.26 Å². The van der Waals surface area contributed by atoms with Crippen LogP contribution in [0.5, 0.6) is 0 Å². The number of rotatable bonds is 7. The van der Waals surface area contributed by atoms with Gasteiger partial charge in [-0.15, -0.1) is 0 Å². The molecule has 4 heteroatoms. The minimum absolute atomic E-state index is 0.0853. The highest BCUT2D eigenvalue weighted by molar-refractivity contribution is 5.77. The zero-order valence-electron chi connectivity index (χ0n) is 8.62. The fourth-order valence-corrected chi connectivity index (χ4v) is 1.33. The van der Waals surface area contributed by atoms with Crippen LogP contribution in [-0.4, -0.2) is 24.2 Å². The van der Waals surface area contributed by atoms with Crippen molar-refractivity contribution in [1.82, 2.24) is 5.32 Å². The summed E-state index contributed by atoms with van der Waals surface area (Å²) in [6.07, 6.45) is 2.66. The van der Waals surface area contributed by atoms with Crippen molar-refractivity contribution in [2.24, 2.45) is 5.92 Å². The van der Waals surface area contributed by atoms with Crippen LogP contribution in [0.4, 0.5) is 0 Å². The van der Waals surface area contributed by atoms with E-state index >= 15 is 0 Å². The van der Waals surface area contributed by atoms with E-state index in [0.717, 1.165) is 12.8 Å². The molecule has 1 amide bonds. The Labute approximate surface area is 84.9 Å². The van der Waals surface area contributed by atoms with Crippen molar-refractivity contribution in [2.75, 3.05) is 13.2 Å². The molecule has 0 heterocycles. The Morgan fingerprint density at radius 2 is 2.29 bits per heavy atom. The summed E-state index contributed by atoms with van der Waals surface area (Å²) < 4.78 is 0. The van der Waals surface area contributed by atoms with Gasteiger partial charge in [0.2, 0.25) is 5.91 Å². The Morgan fingerprint density at radius 3 is 2.79 bits per heavy atom. The normalized spacial score (nSPS) is 11.8. The topological polar surface area (TPSA) is 73.1 Å². The Bertz CT molecular complexity index is 193. The maximum absolute atomic E-state index is 11.0. The van der Waals surface area contributed by atoms with Gasteiger partial charge in [0.15, 0.2) is 0 Å². The fourth-order valence-electron chi connectivity index (χ4n) is 1.33. The van der Waals surface area contributed by atoms with E-state index < -0.39 is 0 Å². The summed E-state index contributed by atoms with van der Waals surface area (Å²) in [5.74, 6) is 0.0965. The molecule has 0 aromatic carbocycles. The Kier molecular flexibility index (Phi) is 7.86. The number of aliphatic hydroxyl groups excluding tert-OH is 1. The third-order valence-corrected chi connectivity index (χ3v) is 2.06. The van der Waals surface area contributed by atoms with E-state index in [2.05, 4.69) is 12.2 Å². The first-order valence-corrected chi connectivity index (χ1v) is 4.99. The number of amides is 1. The van der Waals surface area contributed by atoms with Crippen molar-refractivity contribution in [1.29, 1.82) is 5.26 Å². The van der Waals surface area contributed by atoms with Crippen molar-refractivity contribution >= 4 is 5.91 Å². The van der Waals surface area contributed by atoms with Gasteiger partial charge in [-0.1, -0.05) is 13.3 Å². The van der Waals surface area contributed by atoms with E-state index in [4.69, 9.17) is 10.4 Å². The predicted octanol–water partition coefficient (Wildman–Crippen LogP) is 0.815. The van der Waals surface area contributed by atoms with Gasteiger partial charge in [0, 0.05) is 13.2 Å². The molecule has 4 nitrogen and oxygen atoms in total. The van der Waals surface area contributed by atoms with E-state index in [0.29, 0.717) is 18.9 Å². The van der Waals surface area contributed by atoms with Gasteiger partial charge in [-0.3, -0.25) is 4.79 Å². The number of hydrogen-bond donors (Lipinski definition) is 2. The van der Waals surface area contributed by atoms with Crippen LogP contribution in [-0.2, 0) is 4.79 Å². The number of aliphatic hydroxyl groups is 1. The first kappa shape index (κ1) is 12.9. The van der Waals surface area contributed by atoms with Crippen LogP contribution in [0.2, 0.25) is 0 Å². The average Bonchev–Trinajstić information content (AvgIpc) is 2.15. The standard InChI is InChI=1S/C10H18N2O2/c1-2-3-9(5-7-13)8-12-10(14)4-6-11/h9,13H,2-5,7-8H2,1H3,(H,12,14). The van der Waals surface area contributed by atoms with E-state index in [1.165, 1.54) is 0 Å². The SMILES string of the molecule is CCCC(CCO)CNC(=O)CC#N. The predicted molar refractivity (Wildman–Crippen MR) is 53.3 cm³/mol. The second kappa shape index (κ2) is 8.52. The van der Waals surface area contributed by atoms with E-state index in [-0.39, 0.29) is 18.9 Å². The number of carbonyl (C=O) groups is 1. The van der Waals surface area contributed by atoms with Crippen LogP contribution >= 0.6 is 0 Å². The van der Waals surface area contributed by atoms with Gasteiger partial charge in [-0.05, 0) is 18.8 Å². The number of hydrogen-bond acceptors (Lipinski definition) is 3. The molecule has 0 saturated carbocycles. The van der Waals surface area contributed by atoms with Crippen LogP contribution in [0.25, 0.3) is 0 Å². The molecule has 0 radical (unpaired) electrons. The molecule has 2 N–H and O–H groups in total. The molecule has 0 aromatic heterocycles. The van der Waals surface area contributed by atoms with Crippen molar-refractivity contribution in [3.05, 3.63) is 0 Å². The van der Waals surface area contributed by atoms with Crippen LogP contribution < -0.4 is 5.32 Å². The summed E-state index contributed by atoms with van der Waals surface area (Å²) in [4.78, 5) is 11.0. The van der Waals surface area contributed by atoms with Crippen LogP contribution in [0.1, 0.15) is 32.6 Å². The summed E-state index contributed by atoms with van der Waals surface area (Å²) >= 11 is 0. The zero-order chi connectivity index (χ0) is 10.8. The van der Waals surface area contributed by atoms with Crippen molar-refractivity contribution < 1.29 is 9.90 Å². The van der Waals surface area contributed by atoms with Gasteiger partial charge < -0.3 is 10.4 Å². The molecule has 1 atom stereocenters. The lowest BCUT2D eigenvalue weighted by molar-refractivity contribution is -0.120. The summed E-state index contributed by atoms with van der Waals surface area (Å²) in [7, 11) is 0. The summed E-state index contributed by atoms with van der Waals surface area (Å²) in [6, 6.07) is 1.79. The Hall–Kier alpha value is -1.08. The first-order chi connectivity index (χ1) is 6.74. The average molecular weight is 198 g/mol. The summed E-state index contributed by atoms with van der Waals surface area (Å²) in [6.45, 7) is 2.79. The van der Waals surface area contributed by atoms with Crippen molar-refractivity contribution in [3.8, 4) is 6.07 Å². The maximum Gasteiger partial charge on any atom is 0.234 e. The molecule has 14 heavy (non-hydrogen) atoms. The van der Waals surface area contributed by atoms with Crippen LogP contribution in [0, 0.1) is 17.2 Å². The van der Waals surface area contributed by atoms with Gasteiger partial charge in [-0.25, -0.2) is 0 Å². The second-order valence-corrected chi connectivity index (χ2v) is 3.31. The molecule has 0 fully saturated rings. The second-order valence-electron chi connectivity index (χ2n) is 3.31. The monoisotopic (exact) mass is 198 g/mol. The lowest BCUT2D eigenvalue weighted by Crippen LogP contribution is -2.29. The first-order valence-electron chi connectivity index (χ1n) is 4.99. The summed E-state index contributed by atoms with van der Waals surface area (Å²) in [5.41, 5.74) is 0.